The predicted molar refractivity (Wildman–Crippen MR) is 83.8 cm³/mol. The molecule has 1 aliphatic rings. The molecule has 6 heteroatoms. The van der Waals surface area contributed by atoms with E-state index < -0.39 is 10.0 Å². The Hall–Kier alpha value is -1.27. The van der Waals surface area contributed by atoms with Crippen molar-refractivity contribution in [1.29, 1.82) is 0 Å². The van der Waals surface area contributed by atoms with Gasteiger partial charge in [0, 0.05) is 17.8 Å². The van der Waals surface area contributed by atoms with Crippen LogP contribution < -0.4 is 15.2 Å². The van der Waals surface area contributed by atoms with Crippen molar-refractivity contribution in [1.82, 2.24) is 4.72 Å². The topological polar surface area (TPSA) is 81.4 Å². The van der Waals surface area contributed by atoms with Gasteiger partial charge in [0.25, 0.3) is 0 Å². The second kappa shape index (κ2) is 5.85. The molecule has 1 aromatic rings. The Balaban J connectivity index is 2.30. The molecule has 3 N–H and O–H groups in total. The number of rotatable bonds is 4. The summed E-state index contributed by atoms with van der Waals surface area (Å²) in [5.74, 6) is 0.274. The van der Waals surface area contributed by atoms with Gasteiger partial charge in [-0.05, 0) is 30.4 Å². The van der Waals surface area contributed by atoms with Gasteiger partial charge < -0.3 is 10.5 Å². The Morgan fingerprint density at radius 2 is 2.05 bits per heavy atom. The number of anilines is 1. The number of nitrogen functional groups attached to an aromatic ring is 1. The summed E-state index contributed by atoms with van der Waals surface area (Å²) >= 11 is 0. The smallest absolute Gasteiger partial charge is 0.244 e. The fourth-order valence-electron chi connectivity index (χ4n) is 2.87. The van der Waals surface area contributed by atoms with E-state index in [9.17, 15) is 8.42 Å². The number of benzene rings is 1. The Kier molecular flexibility index (Phi) is 4.49. The molecule has 1 saturated carbocycles. The van der Waals surface area contributed by atoms with Crippen molar-refractivity contribution in [3.05, 3.63) is 18.2 Å². The predicted octanol–water partition coefficient (Wildman–Crippen LogP) is 2.52. The van der Waals surface area contributed by atoms with Gasteiger partial charge in [-0.3, -0.25) is 0 Å². The summed E-state index contributed by atoms with van der Waals surface area (Å²) in [4.78, 5) is 0.139. The van der Waals surface area contributed by atoms with E-state index in [2.05, 4.69) is 18.6 Å². The van der Waals surface area contributed by atoms with E-state index in [-0.39, 0.29) is 22.1 Å². The average molecular weight is 312 g/mol. The van der Waals surface area contributed by atoms with Crippen LogP contribution in [0.4, 0.5) is 5.69 Å². The van der Waals surface area contributed by atoms with Gasteiger partial charge in [0.1, 0.15) is 10.6 Å². The SMILES string of the molecule is COc1cc(N)ccc1S(=O)(=O)NC1CCCCC1(C)C. The van der Waals surface area contributed by atoms with Gasteiger partial charge >= 0.3 is 0 Å². The third-order valence-electron chi connectivity index (χ3n) is 4.28. The summed E-state index contributed by atoms with van der Waals surface area (Å²) in [5.41, 5.74) is 6.12. The van der Waals surface area contributed by atoms with E-state index in [0.29, 0.717) is 5.69 Å². The van der Waals surface area contributed by atoms with Gasteiger partial charge in [0.2, 0.25) is 10.0 Å². The summed E-state index contributed by atoms with van der Waals surface area (Å²) in [6.07, 6.45) is 4.09. The molecular formula is C15H24N2O3S. The van der Waals surface area contributed by atoms with Crippen molar-refractivity contribution in [3.8, 4) is 5.75 Å². The highest BCUT2D eigenvalue weighted by Gasteiger charge is 2.35. The van der Waals surface area contributed by atoms with Crippen LogP contribution in [0.3, 0.4) is 0 Å². The van der Waals surface area contributed by atoms with E-state index in [0.717, 1.165) is 25.7 Å². The highest BCUT2D eigenvalue weighted by atomic mass is 32.2. The lowest BCUT2D eigenvalue weighted by Crippen LogP contribution is -2.46. The molecule has 21 heavy (non-hydrogen) atoms. The van der Waals surface area contributed by atoms with Crippen molar-refractivity contribution in [3.63, 3.8) is 0 Å². The maximum absolute atomic E-state index is 12.6. The number of nitrogens with one attached hydrogen (secondary N) is 1. The first-order valence-corrected chi connectivity index (χ1v) is 8.70. The standard InChI is InChI=1S/C15H24N2O3S/c1-15(2)9-5-4-6-14(15)17-21(18,19)13-8-7-11(16)10-12(13)20-3/h7-8,10,14,17H,4-6,9,16H2,1-3H3. The van der Waals surface area contributed by atoms with Crippen molar-refractivity contribution in [2.75, 3.05) is 12.8 Å². The maximum Gasteiger partial charge on any atom is 0.244 e. The van der Waals surface area contributed by atoms with Crippen LogP contribution in [-0.2, 0) is 10.0 Å². The lowest BCUT2D eigenvalue weighted by molar-refractivity contribution is 0.188. The highest BCUT2D eigenvalue weighted by Crippen LogP contribution is 2.37. The molecule has 0 saturated heterocycles. The largest absolute Gasteiger partial charge is 0.495 e. The molecule has 0 heterocycles. The molecule has 0 bridgehead atoms. The van der Waals surface area contributed by atoms with Gasteiger partial charge in [0.05, 0.1) is 7.11 Å². The molecule has 0 amide bonds. The van der Waals surface area contributed by atoms with Crippen LogP contribution in [0.2, 0.25) is 0 Å². The molecule has 0 spiro atoms. The summed E-state index contributed by atoms with van der Waals surface area (Å²) in [7, 11) is -2.18. The summed E-state index contributed by atoms with van der Waals surface area (Å²) in [6.45, 7) is 4.22. The first kappa shape index (κ1) is 16.1. The van der Waals surface area contributed by atoms with Gasteiger partial charge in [-0.15, -0.1) is 0 Å². The van der Waals surface area contributed by atoms with Crippen LogP contribution in [0.15, 0.2) is 23.1 Å². The third kappa shape index (κ3) is 3.49. The summed E-state index contributed by atoms with van der Waals surface area (Å²) < 4.78 is 33.3. The number of ether oxygens (including phenoxy) is 1. The minimum Gasteiger partial charge on any atom is -0.495 e. The number of hydrogen-bond acceptors (Lipinski definition) is 4. The molecule has 0 radical (unpaired) electrons. The van der Waals surface area contributed by atoms with Crippen molar-refractivity contribution >= 4 is 15.7 Å². The van der Waals surface area contributed by atoms with Crippen LogP contribution in [0.1, 0.15) is 39.5 Å². The van der Waals surface area contributed by atoms with E-state index >= 15 is 0 Å². The number of hydrogen-bond donors (Lipinski definition) is 2. The Labute approximate surface area is 126 Å². The Morgan fingerprint density at radius 3 is 2.67 bits per heavy atom. The fraction of sp³-hybridized carbons (Fsp3) is 0.600. The Morgan fingerprint density at radius 1 is 1.33 bits per heavy atom. The first-order chi connectivity index (χ1) is 9.76. The van der Waals surface area contributed by atoms with Crippen LogP contribution in [-0.4, -0.2) is 21.6 Å². The zero-order valence-electron chi connectivity index (χ0n) is 12.8. The van der Waals surface area contributed by atoms with Gasteiger partial charge in [0.15, 0.2) is 0 Å². The molecule has 2 rings (SSSR count). The number of methoxy groups -OCH3 is 1. The summed E-state index contributed by atoms with van der Waals surface area (Å²) in [6, 6.07) is 4.54. The van der Waals surface area contributed by atoms with Gasteiger partial charge in [-0.25, -0.2) is 13.1 Å². The van der Waals surface area contributed by atoms with E-state index in [1.807, 2.05) is 0 Å². The zero-order chi connectivity index (χ0) is 15.7. The Bertz CT molecular complexity index is 611. The monoisotopic (exact) mass is 312 g/mol. The fourth-order valence-corrected chi connectivity index (χ4v) is 4.46. The molecule has 0 aliphatic heterocycles. The molecule has 1 fully saturated rings. The second-order valence-electron chi connectivity index (χ2n) is 6.32. The summed E-state index contributed by atoms with van der Waals surface area (Å²) in [5, 5.41) is 0. The molecule has 5 nitrogen and oxygen atoms in total. The van der Waals surface area contributed by atoms with E-state index in [4.69, 9.17) is 10.5 Å². The maximum atomic E-state index is 12.6. The van der Waals surface area contributed by atoms with Gasteiger partial charge in [-0.2, -0.15) is 0 Å². The second-order valence-corrected chi connectivity index (χ2v) is 8.00. The van der Waals surface area contributed by atoms with Crippen molar-refractivity contribution in [2.24, 2.45) is 5.41 Å². The molecule has 1 atom stereocenters. The molecular weight excluding hydrogens is 288 g/mol. The number of sulfonamides is 1. The first-order valence-electron chi connectivity index (χ1n) is 7.22. The van der Waals surface area contributed by atoms with Crippen molar-refractivity contribution in [2.45, 2.75) is 50.5 Å². The third-order valence-corrected chi connectivity index (χ3v) is 5.79. The molecule has 1 aromatic carbocycles. The minimum atomic E-state index is -3.62. The average Bonchev–Trinajstić information content (AvgIpc) is 2.40. The van der Waals surface area contributed by atoms with Crippen LogP contribution >= 0.6 is 0 Å². The van der Waals surface area contributed by atoms with E-state index in [1.54, 1.807) is 6.07 Å². The quantitative estimate of drug-likeness (QED) is 0.837. The van der Waals surface area contributed by atoms with Gasteiger partial charge in [-0.1, -0.05) is 26.7 Å². The minimum absolute atomic E-state index is 0.0354. The number of nitrogens with two attached hydrogens (primary N) is 1. The van der Waals surface area contributed by atoms with Crippen LogP contribution in [0.25, 0.3) is 0 Å². The van der Waals surface area contributed by atoms with Crippen LogP contribution in [0.5, 0.6) is 5.75 Å². The lowest BCUT2D eigenvalue weighted by atomic mass is 9.74. The lowest BCUT2D eigenvalue weighted by Gasteiger charge is -2.38. The molecule has 1 aliphatic carbocycles. The zero-order valence-corrected chi connectivity index (χ0v) is 13.7. The molecule has 1 unspecified atom stereocenters. The highest BCUT2D eigenvalue weighted by molar-refractivity contribution is 7.89. The molecule has 0 aromatic heterocycles. The normalized spacial score (nSPS) is 22.0. The van der Waals surface area contributed by atoms with Crippen molar-refractivity contribution < 1.29 is 13.2 Å². The molecule has 118 valence electrons. The van der Waals surface area contributed by atoms with Crippen LogP contribution in [0, 0.1) is 5.41 Å². The van der Waals surface area contributed by atoms with E-state index in [1.165, 1.54) is 19.2 Å².